The van der Waals surface area contributed by atoms with Crippen molar-refractivity contribution in [2.75, 3.05) is 0 Å². The van der Waals surface area contributed by atoms with Crippen molar-refractivity contribution in [1.82, 2.24) is 0 Å². The number of fused-ring (bicyclic) bond motifs is 8. The van der Waals surface area contributed by atoms with Crippen LogP contribution in [0.1, 0.15) is 188 Å². The number of thiophene rings is 4. The molecular formula is C80H100S4Si4. The molecule has 0 nitrogen and oxygen atoms in total. The van der Waals surface area contributed by atoms with Gasteiger partial charge >= 0.3 is 0 Å². The van der Waals surface area contributed by atoms with Gasteiger partial charge in [0.1, 0.15) is 32.3 Å². The summed E-state index contributed by atoms with van der Waals surface area (Å²) in [5, 5.41) is 24.2. The quantitative estimate of drug-likeness (QED) is 0.0650. The molecule has 0 bridgehead atoms. The lowest BCUT2D eigenvalue weighted by molar-refractivity contribution is 0.838. The molecule has 0 aliphatic heterocycles. The van der Waals surface area contributed by atoms with E-state index in [4.69, 9.17) is 0 Å². The molecule has 10 rings (SSSR count). The molecule has 6 aromatic carbocycles. The van der Waals surface area contributed by atoms with E-state index >= 15 is 0 Å². The molecule has 0 aliphatic carbocycles. The van der Waals surface area contributed by atoms with E-state index < -0.39 is 32.3 Å². The van der Waals surface area contributed by atoms with E-state index in [1.54, 1.807) is 0 Å². The van der Waals surface area contributed by atoms with E-state index in [0.717, 1.165) is 0 Å². The fourth-order valence-electron chi connectivity index (χ4n) is 17.2. The zero-order valence-corrected chi connectivity index (χ0v) is 65.1. The van der Waals surface area contributed by atoms with Crippen LogP contribution in [0.25, 0.3) is 83.4 Å². The van der Waals surface area contributed by atoms with Crippen molar-refractivity contribution in [3.8, 4) is 45.9 Å². The Hall–Kier alpha value is -4.69. The summed E-state index contributed by atoms with van der Waals surface area (Å²) in [6.07, 6.45) is 0. The summed E-state index contributed by atoms with van der Waals surface area (Å²) in [6, 6.07) is 28.4. The van der Waals surface area contributed by atoms with Gasteiger partial charge < -0.3 is 0 Å². The fourth-order valence-corrected chi connectivity index (χ4v) is 41.3. The minimum Gasteiger partial charge on any atom is -0.144 e. The van der Waals surface area contributed by atoms with Crippen LogP contribution in [0, 0.1) is 45.9 Å². The standard InChI is InChI=1S/2C40H50S2Si2/c1-25(2)43(26(3)4,27(5)6)19-15-33-35-21-31-13-17-42-40(31)24-38(35)34(16-20-44(28(7)8,29(9)10)30(11)12)36-22-32-14-18-41-39(32)23-37(33)36;1-25(2)43(26(3)4,27(5)6)19-15-33-35-21-31-13-17-41-39(31)23-37(35)34(16-20-44(28(7)8,29(9)10)30(11)12)38-24-40-32(14-18-42-40)22-36(33)38/h2*13-14,17-18,21-30H,1-12H3. The van der Waals surface area contributed by atoms with Gasteiger partial charge in [-0.05, 0) is 204 Å². The van der Waals surface area contributed by atoms with Gasteiger partial charge in [-0.15, -0.1) is 67.5 Å². The summed E-state index contributed by atoms with van der Waals surface area (Å²) in [5.74, 6) is 15.9. The molecule has 0 fully saturated rings. The van der Waals surface area contributed by atoms with Gasteiger partial charge in [-0.3, -0.25) is 0 Å². The highest BCUT2D eigenvalue weighted by Gasteiger charge is 2.45. The molecule has 10 aromatic rings. The van der Waals surface area contributed by atoms with E-state index in [-0.39, 0.29) is 0 Å². The summed E-state index contributed by atoms with van der Waals surface area (Å²) < 4.78 is 5.30. The summed E-state index contributed by atoms with van der Waals surface area (Å²) in [7, 11) is -7.75. The minimum atomic E-state index is -1.94. The molecule has 8 heteroatoms. The maximum absolute atomic E-state index is 4.10. The third-order valence-electron chi connectivity index (χ3n) is 21.6. The summed E-state index contributed by atoms with van der Waals surface area (Å²) >= 11 is 7.31. The molecule has 88 heavy (non-hydrogen) atoms. The van der Waals surface area contributed by atoms with Crippen molar-refractivity contribution >= 4 is 161 Å². The molecule has 0 radical (unpaired) electrons. The highest BCUT2D eigenvalue weighted by atomic mass is 32.1. The highest BCUT2D eigenvalue weighted by Crippen LogP contribution is 2.48. The van der Waals surface area contributed by atoms with Crippen molar-refractivity contribution in [1.29, 1.82) is 0 Å². The number of hydrogen-bond acceptors (Lipinski definition) is 4. The average Bonchev–Trinajstić information content (AvgIpc) is 1.12. The Bertz CT molecular complexity index is 3660. The molecule has 0 unspecified atom stereocenters. The van der Waals surface area contributed by atoms with Gasteiger partial charge in [0.15, 0.2) is 0 Å². The molecule has 0 atom stereocenters. The van der Waals surface area contributed by atoms with Gasteiger partial charge in [0.2, 0.25) is 0 Å². The van der Waals surface area contributed by atoms with Crippen LogP contribution in [-0.2, 0) is 0 Å². The van der Waals surface area contributed by atoms with Crippen LogP contribution in [0.2, 0.25) is 66.5 Å². The first-order valence-corrected chi connectivity index (χ1v) is 45.6. The molecule has 0 aliphatic rings. The van der Waals surface area contributed by atoms with Crippen LogP contribution in [0.5, 0.6) is 0 Å². The lowest BCUT2D eigenvalue weighted by Crippen LogP contribution is -2.43. The van der Waals surface area contributed by atoms with E-state index in [0.29, 0.717) is 66.5 Å². The Morgan fingerprint density at radius 1 is 0.227 bits per heavy atom. The SMILES string of the molecule is CC(C)[Si](C#Cc1c2cc3ccsc3cc2c(C#C[Si](C(C)C)(C(C)C)C(C)C)c2cc3ccsc3cc12)(C(C)C)C(C)C.CC(C)[Si](C#Cc1c2cc3ccsc3cc2c(C#C[Si](C(C)C)(C(C)C)C(C)C)c2cc3sccc3cc12)(C(C)C)C(C)C. The van der Waals surface area contributed by atoms with Crippen molar-refractivity contribution in [2.45, 2.75) is 233 Å². The third kappa shape index (κ3) is 11.7. The maximum Gasteiger partial charge on any atom is 0.146 e. The Balaban J connectivity index is 0.000000209. The second-order valence-electron chi connectivity index (χ2n) is 29.5. The lowest BCUT2D eigenvalue weighted by atomic mass is 9.91. The lowest BCUT2D eigenvalue weighted by Gasteiger charge is -2.38. The largest absolute Gasteiger partial charge is 0.146 e. The van der Waals surface area contributed by atoms with E-state index in [9.17, 15) is 0 Å². The van der Waals surface area contributed by atoms with Crippen molar-refractivity contribution in [3.63, 3.8) is 0 Å². The Labute approximate surface area is 551 Å². The summed E-state index contributed by atoms with van der Waals surface area (Å²) in [5.41, 5.74) is 28.3. The molecule has 0 spiro atoms. The van der Waals surface area contributed by atoms with E-state index in [1.165, 1.54) is 106 Å². The van der Waals surface area contributed by atoms with Gasteiger partial charge in [0.05, 0.1) is 0 Å². The monoisotopic (exact) mass is 1300 g/mol. The first kappa shape index (κ1) is 67.7. The van der Waals surface area contributed by atoms with Crippen LogP contribution in [-0.4, -0.2) is 32.3 Å². The van der Waals surface area contributed by atoms with Gasteiger partial charge in [0.25, 0.3) is 0 Å². The zero-order valence-electron chi connectivity index (χ0n) is 57.8. The predicted octanol–water partition coefficient (Wildman–Crippen LogP) is 27.1. The highest BCUT2D eigenvalue weighted by molar-refractivity contribution is 7.18. The number of hydrogen-bond donors (Lipinski definition) is 0. The third-order valence-corrected chi connectivity index (χ3v) is 50.3. The van der Waals surface area contributed by atoms with Crippen molar-refractivity contribution in [3.05, 3.63) is 117 Å². The normalized spacial score (nSPS) is 13.0. The minimum absolute atomic E-state index is 0.589. The Morgan fingerprint density at radius 2 is 0.375 bits per heavy atom. The second kappa shape index (κ2) is 26.5. The smallest absolute Gasteiger partial charge is 0.144 e. The number of benzene rings is 6. The first-order valence-electron chi connectivity index (χ1n) is 33.2. The number of rotatable bonds is 12. The van der Waals surface area contributed by atoms with E-state index in [1.807, 2.05) is 45.3 Å². The Kier molecular flexibility index (Phi) is 20.4. The van der Waals surface area contributed by atoms with Gasteiger partial charge in [0, 0.05) is 62.6 Å². The average molecular weight is 1300 g/mol. The maximum atomic E-state index is 4.10. The summed E-state index contributed by atoms with van der Waals surface area (Å²) in [6.45, 7) is 57.9. The molecule has 4 heterocycles. The second-order valence-corrected chi connectivity index (χ2v) is 55.6. The van der Waals surface area contributed by atoms with Crippen LogP contribution in [0.3, 0.4) is 0 Å². The molecular weight excluding hydrogens is 1200 g/mol. The van der Waals surface area contributed by atoms with Crippen LogP contribution >= 0.6 is 45.3 Å². The van der Waals surface area contributed by atoms with Crippen LogP contribution < -0.4 is 0 Å². The molecule has 0 N–H and O–H groups in total. The van der Waals surface area contributed by atoms with Crippen molar-refractivity contribution < 1.29 is 0 Å². The molecule has 460 valence electrons. The predicted molar refractivity (Wildman–Crippen MR) is 416 cm³/mol. The van der Waals surface area contributed by atoms with Gasteiger partial charge in [-0.25, -0.2) is 0 Å². The van der Waals surface area contributed by atoms with Crippen molar-refractivity contribution in [2.24, 2.45) is 0 Å². The van der Waals surface area contributed by atoms with Gasteiger partial charge in [-0.1, -0.05) is 190 Å². The molecule has 0 saturated carbocycles. The van der Waals surface area contributed by atoms with Crippen LogP contribution in [0.4, 0.5) is 0 Å². The zero-order chi connectivity index (χ0) is 64.3. The topological polar surface area (TPSA) is 0 Å². The fraction of sp³-hybridized carbons (Fsp3) is 0.450. The first-order chi connectivity index (χ1) is 41.5. The molecule has 0 saturated heterocycles. The Morgan fingerprint density at radius 3 is 0.523 bits per heavy atom. The van der Waals surface area contributed by atoms with E-state index in [2.05, 4.69) is 306 Å². The van der Waals surface area contributed by atoms with Crippen LogP contribution in [0.15, 0.2) is 94.3 Å². The molecule has 0 amide bonds. The van der Waals surface area contributed by atoms with Gasteiger partial charge in [-0.2, -0.15) is 0 Å². The summed E-state index contributed by atoms with van der Waals surface area (Å²) in [4.78, 5) is 0. The molecule has 4 aromatic heterocycles.